The molecule has 0 saturated heterocycles. The first-order chi connectivity index (χ1) is 29.2. The molecule has 0 bridgehead atoms. The molecular weight excluding hydrogens is 655 g/mol. The van der Waals surface area contributed by atoms with Crippen LogP contribution in [-0.4, -0.2) is 15.0 Å². The first-order valence-electron chi connectivity index (χ1n) is 22.7. The molecule has 7 aromatic rings. The second kappa shape index (κ2) is 16.7. The highest BCUT2D eigenvalue weighted by Gasteiger charge is 2.29. The van der Waals surface area contributed by atoms with Gasteiger partial charge in [0, 0.05) is 50.3 Å². The highest BCUT2D eigenvalue weighted by molar-refractivity contribution is 5.96. The number of hydrogen-bond donors (Lipinski definition) is 0. The second-order valence-corrected chi connectivity index (χ2v) is 14.9. The predicted octanol–water partition coefficient (Wildman–Crippen LogP) is 12.9. The van der Waals surface area contributed by atoms with Crippen molar-refractivity contribution < 1.29 is 9.60 Å². The van der Waals surface area contributed by atoms with Crippen LogP contribution in [0.25, 0.3) is 44.5 Å². The molecule has 0 amide bonds. The van der Waals surface area contributed by atoms with E-state index < -0.39 is 19.6 Å². The first kappa shape index (κ1) is 28.1. The summed E-state index contributed by atoms with van der Waals surface area (Å²) in [6, 6.07) is 41.3. The Morgan fingerprint density at radius 3 is 1.74 bits per heavy atom. The van der Waals surface area contributed by atoms with E-state index in [1.165, 1.54) is 0 Å². The summed E-state index contributed by atoms with van der Waals surface area (Å²) >= 11 is 0. The zero-order valence-corrected chi connectivity index (χ0v) is 30.9. The fraction of sp³-hybridized carbons (Fsp3) is 0.275. The Balaban J connectivity index is 1.06. The lowest BCUT2D eigenvalue weighted by Gasteiger charge is -2.35. The maximum absolute atomic E-state index is 9.72. The highest BCUT2D eigenvalue weighted by Crippen LogP contribution is 2.41. The summed E-state index contributed by atoms with van der Waals surface area (Å²) in [4.78, 5) is 14.3. The van der Waals surface area contributed by atoms with Crippen molar-refractivity contribution in [2.75, 3.05) is 0 Å². The number of hydrogen-bond acceptors (Lipinski definition) is 3. The summed E-state index contributed by atoms with van der Waals surface area (Å²) in [6.45, 7) is -0.375. The number of benzene rings is 4. The molecule has 0 N–H and O–H groups in total. The molecule has 270 valence electrons. The standard InChI is InChI=1S/C51H51N3/c1-36-27-37(2)29-46(28-36)51-48-16-10-9-15-47(48)45(35-54-51)24-21-42-31-40(19-17-38-22-25-49(52-33-38)43-11-5-3-6-12-43)30-41(32-42)20-18-39-23-26-50(53-34-39)44-13-7-4-8-14-44/h3-16,22-23,25-29,33-35,40-42H,17-21,24,30-32H2,1-2H3/i1D3,19D2,21D2. The molecular formula is C51H51N3. The molecule has 1 fully saturated rings. The maximum atomic E-state index is 9.72. The van der Waals surface area contributed by atoms with Gasteiger partial charge in [0.15, 0.2) is 0 Å². The van der Waals surface area contributed by atoms with Gasteiger partial charge < -0.3 is 0 Å². The van der Waals surface area contributed by atoms with Gasteiger partial charge in [-0.3, -0.25) is 15.0 Å². The minimum absolute atomic E-state index is 0.118. The third-order valence-electron chi connectivity index (χ3n) is 10.8. The SMILES string of the molecule is [2H]C([2H])([2H])c1cc(C)cc(-c2ncc(CC([2H])([2H])C3CC(CCc4ccc(-c5ccccc5)nc4)CC(C([2H])([2H])Cc4ccc(-c5ccccc5)nc4)C3)c3ccccc23)c1. The van der Waals surface area contributed by atoms with E-state index in [-0.39, 0.29) is 36.2 Å². The lowest BCUT2D eigenvalue weighted by atomic mass is 9.70. The van der Waals surface area contributed by atoms with Crippen molar-refractivity contribution in [1.82, 2.24) is 15.0 Å². The monoisotopic (exact) mass is 712 g/mol. The van der Waals surface area contributed by atoms with E-state index in [0.717, 1.165) is 68.4 Å². The van der Waals surface area contributed by atoms with Crippen molar-refractivity contribution >= 4 is 10.8 Å². The fourth-order valence-electron chi connectivity index (χ4n) is 8.10. The largest absolute Gasteiger partial charge is 0.256 e. The Labute approximate surface area is 331 Å². The van der Waals surface area contributed by atoms with Crippen LogP contribution in [0.15, 0.2) is 146 Å². The van der Waals surface area contributed by atoms with E-state index in [1.807, 2.05) is 104 Å². The van der Waals surface area contributed by atoms with Gasteiger partial charge in [-0.05, 0) is 136 Å². The van der Waals surface area contributed by atoms with Crippen LogP contribution in [0.5, 0.6) is 0 Å². The molecule has 3 heterocycles. The van der Waals surface area contributed by atoms with Crippen LogP contribution in [0.2, 0.25) is 0 Å². The summed E-state index contributed by atoms with van der Waals surface area (Å²) in [5.41, 5.74) is 9.04. The maximum Gasteiger partial charge on any atom is 0.0780 e. The Morgan fingerprint density at radius 1 is 0.537 bits per heavy atom. The third-order valence-corrected chi connectivity index (χ3v) is 10.8. The van der Waals surface area contributed by atoms with Crippen LogP contribution in [0.3, 0.4) is 0 Å². The molecule has 3 unspecified atom stereocenters. The topological polar surface area (TPSA) is 38.7 Å². The van der Waals surface area contributed by atoms with Crippen LogP contribution in [-0.2, 0) is 19.3 Å². The van der Waals surface area contributed by atoms with Crippen LogP contribution in [0.1, 0.15) is 75.8 Å². The van der Waals surface area contributed by atoms with Crippen molar-refractivity contribution in [3.8, 4) is 33.8 Å². The van der Waals surface area contributed by atoms with E-state index in [4.69, 9.17) is 14.1 Å². The van der Waals surface area contributed by atoms with Gasteiger partial charge in [0.25, 0.3) is 0 Å². The molecule has 4 aromatic carbocycles. The minimum Gasteiger partial charge on any atom is -0.256 e. The number of aromatic nitrogens is 3. The van der Waals surface area contributed by atoms with Crippen LogP contribution < -0.4 is 0 Å². The molecule has 1 aliphatic carbocycles. The van der Waals surface area contributed by atoms with Gasteiger partial charge in [0.1, 0.15) is 0 Å². The lowest BCUT2D eigenvalue weighted by Crippen LogP contribution is -2.24. The molecule has 54 heavy (non-hydrogen) atoms. The number of aryl methyl sites for hydroxylation is 5. The number of fused-ring (bicyclic) bond motifs is 1. The first-order valence-corrected chi connectivity index (χ1v) is 19.2. The van der Waals surface area contributed by atoms with Gasteiger partial charge in [-0.1, -0.05) is 114 Å². The number of rotatable bonds is 12. The van der Waals surface area contributed by atoms with Gasteiger partial charge >= 0.3 is 0 Å². The molecule has 8 rings (SSSR count). The van der Waals surface area contributed by atoms with Gasteiger partial charge in [-0.25, -0.2) is 0 Å². The van der Waals surface area contributed by atoms with Crippen molar-refractivity contribution in [1.29, 1.82) is 0 Å². The van der Waals surface area contributed by atoms with E-state index in [0.29, 0.717) is 30.5 Å². The van der Waals surface area contributed by atoms with E-state index in [2.05, 4.69) is 29.2 Å². The van der Waals surface area contributed by atoms with E-state index in [9.17, 15) is 5.48 Å². The van der Waals surface area contributed by atoms with Gasteiger partial charge in [0.05, 0.1) is 17.1 Å². The second-order valence-electron chi connectivity index (χ2n) is 14.9. The fourth-order valence-corrected chi connectivity index (χ4v) is 8.10. The van der Waals surface area contributed by atoms with E-state index >= 15 is 0 Å². The average molecular weight is 713 g/mol. The molecule has 0 aliphatic heterocycles. The third kappa shape index (κ3) is 8.69. The zero-order chi connectivity index (χ0) is 42.8. The summed E-state index contributed by atoms with van der Waals surface area (Å²) < 4.78 is 62.6. The Morgan fingerprint density at radius 2 is 1.11 bits per heavy atom. The highest BCUT2D eigenvalue weighted by atomic mass is 14.7. The van der Waals surface area contributed by atoms with Crippen LogP contribution in [0.4, 0.5) is 0 Å². The lowest BCUT2D eigenvalue weighted by molar-refractivity contribution is 0.172. The molecule has 3 atom stereocenters. The average Bonchev–Trinajstić information content (AvgIpc) is 3.26. The molecule has 0 spiro atoms. The molecule has 1 saturated carbocycles. The Kier molecular flexibility index (Phi) is 8.70. The molecule has 3 nitrogen and oxygen atoms in total. The summed E-state index contributed by atoms with van der Waals surface area (Å²) in [6.07, 6.45) is 5.92. The van der Waals surface area contributed by atoms with Crippen molar-refractivity contribution in [2.24, 2.45) is 17.8 Å². The normalized spacial score (nSPS) is 19.8. The summed E-state index contributed by atoms with van der Waals surface area (Å²) in [7, 11) is 0. The zero-order valence-electron chi connectivity index (χ0n) is 37.9. The predicted molar refractivity (Wildman–Crippen MR) is 225 cm³/mol. The van der Waals surface area contributed by atoms with Crippen LogP contribution in [0, 0.1) is 31.5 Å². The molecule has 3 aromatic heterocycles. The van der Waals surface area contributed by atoms with Gasteiger partial charge in [-0.15, -0.1) is 0 Å². The quantitative estimate of drug-likeness (QED) is 0.127. The Hall–Kier alpha value is -5.41. The van der Waals surface area contributed by atoms with E-state index in [1.54, 1.807) is 24.5 Å². The van der Waals surface area contributed by atoms with Crippen molar-refractivity contribution in [2.45, 2.75) is 71.5 Å². The molecule has 0 radical (unpaired) electrons. The summed E-state index contributed by atoms with van der Waals surface area (Å²) in [5, 5.41) is 1.72. The van der Waals surface area contributed by atoms with Gasteiger partial charge in [-0.2, -0.15) is 0 Å². The van der Waals surface area contributed by atoms with Gasteiger partial charge in [0.2, 0.25) is 0 Å². The number of pyridine rings is 3. The smallest absolute Gasteiger partial charge is 0.0780 e. The van der Waals surface area contributed by atoms with Crippen molar-refractivity contribution in [3.63, 3.8) is 0 Å². The van der Waals surface area contributed by atoms with Crippen LogP contribution >= 0.6 is 0 Å². The Bertz CT molecular complexity index is 2580. The number of nitrogens with zero attached hydrogens (tertiary/aromatic N) is 3. The van der Waals surface area contributed by atoms with Crippen molar-refractivity contribution in [3.05, 3.63) is 174 Å². The molecule has 1 aliphatic rings. The summed E-state index contributed by atoms with van der Waals surface area (Å²) in [5.74, 6) is -0.627. The minimum atomic E-state index is -2.26. The molecule has 3 heteroatoms.